The predicted molar refractivity (Wildman–Crippen MR) is 114 cm³/mol. The maximum Gasteiger partial charge on any atom is 0.420 e. The molecule has 2 amide bonds. The normalized spacial score (nSPS) is 16.1. The van der Waals surface area contributed by atoms with Crippen molar-refractivity contribution in [2.75, 3.05) is 30.3 Å². The molecule has 0 bridgehead atoms. The number of aryl methyl sites for hydroxylation is 1. The van der Waals surface area contributed by atoms with E-state index in [9.17, 15) is 14.4 Å². The zero-order valence-electron chi connectivity index (χ0n) is 17.1. The Morgan fingerprint density at radius 2 is 1.94 bits per heavy atom. The number of likely N-dealkylation sites (tertiary alicyclic amines) is 1. The first-order valence-electron chi connectivity index (χ1n) is 10.6. The number of nitrogens with zero attached hydrogens (tertiary/aromatic N) is 4. The molecule has 1 fully saturated rings. The Bertz CT molecular complexity index is 1180. The second-order valence-electron chi connectivity index (χ2n) is 7.95. The monoisotopic (exact) mass is 424 g/mol. The lowest BCUT2D eigenvalue weighted by Gasteiger charge is -2.26. The molecule has 2 aliphatic rings. The van der Waals surface area contributed by atoms with Crippen molar-refractivity contribution < 1.29 is 14.0 Å². The zero-order valence-corrected chi connectivity index (χ0v) is 17.1. The molecule has 0 unspecified atom stereocenters. The molecule has 0 saturated carbocycles. The number of fused-ring (bicyclic) bond motifs is 2. The molecule has 2 N–H and O–H groups in total. The summed E-state index contributed by atoms with van der Waals surface area (Å²) in [5.74, 6) is -0.205. The number of carbonyl (C=O) groups is 2. The second-order valence-corrected chi connectivity index (χ2v) is 7.95. The van der Waals surface area contributed by atoms with E-state index in [0.29, 0.717) is 35.6 Å². The number of hydrogen-bond acceptors (Lipinski definition) is 6. The van der Waals surface area contributed by atoms with Crippen LogP contribution in [0.25, 0.3) is 11.1 Å². The minimum atomic E-state index is -0.586. The van der Waals surface area contributed by atoms with E-state index >= 15 is 0 Å². The summed E-state index contributed by atoms with van der Waals surface area (Å²) in [6, 6.07) is 6.65. The number of oxazole rings is 1. The van der Waals surface area contributed by atoms with Crippen molar-refractivity contribution in [3.05, 3.63) is 40.5 Å². The fourth-order valence-electron chi connectivity index (χ4n) is 4.15. The van der Waals surface area contributed by atoms with E-state index in [1.807, 2.05) is 0 Å². The number of hydrogen-bond donors (Lipinski definition) is 2. The van der Waals surface area contributed by atoms with Gasteiger partial charge in [-0.05, 0) is 43.9 Å². The lowest BCUT2D eigenvalue weighted by Crippen LogP contribution is -2.39. The van der Waals surface area contributed by atoms with Gasteiger partial charge in [-0.15, -0.1) is 0 Å². The third kappa shape index (κ3) is 3.80. The molecule has 0 atom stereocenters. The molecule has 5 rings (SSSR count). The van der Waals surface area contributed by atoms with Crippen LogP contribution < -0.4 is 16.4 Å². The molecule has 0 radical (unpaired) electrons. The van der Waals surface area contributed by atoms with Crippen molar-refractivity contribution in [2.24, 2.45) is 0 Å². The van der Waals surface area contributed by atoms with Crippen molar-refractivity contribution in [3.8, 4) is 0 Å². The molecule has 10 heteroatoms. The van der Waals surface area contributed by atoms with Crippen molar-refractivity contribution in [1.82, 2.24) is 19.2 Å². The smallest absolute Gasteiger partial charge is 0.408 e. The number of nitrogens with one attached hydrogen (secondary N) is 2. The summed E-state index contributed by atoms with van der Waals surface area (Å²) in [6.07, 6.45) is 4.05. The van der Waals surface area contributed by atoms with E-state index in [0.717, 1.165) is 44.6 Å². The quantitative estimate of drug-likeness (QED) is 0.661. The van der Waals surface area contributed by atoms with Crippen LogP contribution >= 0.6 is 0 Å². The Morgan fingerprint density at radius 1 is 1.10 bits per heavy atom. The number of anilines is 2. The van der Waals surface area contributed by atoms with Crippen LogP contribution in [0.1, 0.15) is 36.2 Å². The van der Waals surface area contributed by atoms with Crippen LogP contribution in [-0.4, -0.2) is 50.7 Å². The average molecular weight is 424 g/mol. The Morgan fingerprint density at radius 3 is 2.74 bits per heavy atom. The van der Waals surface area contributed by atoms with Crippen molar-refractivity contribution in [3.63, 3.8) is 0 Å². The molecule has 1 aromatic carbocycles. The van der Waals surface area contributed by atoms with E-state index in [2.05, 4.69) is 15.7 Å². The van der Waals surface area contributed by atoms with Gasteiger partial charge in [0.15, 0.2) is 11.3 Å². The lowest BCUT2D eigenvalue weighted by atomic mass is 10.1. The third-order valence-corrected chi connectivity index (χ3v) is 5.79. The first-order chi connectivity index (χ1) is 15.1. The lowest BCUT2D eigenvalue weighted by molar-refractivity contribution is -0.132. The van der Waals surface area contributed by atoms with Crippen molar-refractivity contribution in [1.29, 1.82) is 0 Å². The molecular weight excluding hydrogens is 400 g/mol. The molecule has 2 aromatic heterocycles. The second kappa shape index (κ2) is 7.93. The Hall–Kier alpha value is -3.56. The summed E-state index contributed by atoms with van der Waals surface area (Å²) in [7, 11) is 0. The van der Waals surface area contributed by atoms with Crippen LogP contribution in [0.2, 0.25) is 0 Å². The highest BCUT2D eigenvalue weighted by Gasteiger charge is 2.21. The van der Waals surface area contributed by atoms with Crippen LogP contribution in [0, 0.1) is 0 Å². The Labute approximate surface area is 177 Å². The zero-order chi connectivity index (χ0) is 21.4. The van der Waals surface area contributed by atoms with E-state index in [1.165, 1.54) is 4.57 Å². The van der Waals surface area contributed by atoms with E-state index in [4.69, 9.17) is 4.42 Å². The molecule has 1 saturated heterocycles. The molecule has 2 aliphatic heterocycles. The standard InChI is InChI=1S/C21H24N6O4/c28-19(25-8-2-1-3-9-25)13-26-16-11-14(5-6-17(16)31-21(26)30)23-20(29)15-12-18-22-7-4-10-27(18)24-15/h5-6,11-12,22H,1-4,7-10,13H2,(H,23,29). The number of amides is 2. The van der Waals surface area contributed by atoms with Gasteiger partial charge in [-0.2, -0.15) is 5.10 Å². The van der Waals surface area contributed by atoms with Gasteiger partial charge in [0.05, 0.1) is 5.52 Å². The van der Waals surface area contributed by atoms with Gasteiger partial charge >= 0.3 is 5.76 Å². The first kappa shape index (κ1) is 19.4. The summed E-state index contributed by atoms with van der Waals surface area (Å²) in [4.78, 5) is 39.4. The van der Waals surface area contributed by atoms with Crippen LogP contribution in [0.15, 0.2) is 33.5 Å². The fourth-order valence-corrected chi connectivity index (χ4v) is 4.15. The van der Waals surface area contributed by atoms with Crippen molar-refractivity contribution in [2.45, 2.75) is 38.8 Å². The Balaban J connectivity index is 1.37. The van der Waals surface area contributed by atoms with Crippen LogP contribution in [0.4, 0.5) is 11.5 Å². The summed E-state index contributed by atoms with van der Waals surface area (Å²) in [6.45, 7) is 2.98. The molecule has 3 aromatic rings. The highest BCUT2D eigenvalue weighted by Crippen LogP contribution is 2.21. The largest absolute Gasteiger partial charge is 0.420 e. The van der Waals surface area contributed by atoms with Gasteiger partial charge in [-0.3, -0.25) is 14.2 Å². The Kier molecular flexibility index (Phi) is 4.97. The van der Waals surface area contributed by atoms with E-state index < -0.39 is 5.76 Å². The topological polar surface area (TPSA) is 114 Å². The van der Waals surface area contributed by atoms with Gasteiger partial charge in [0.1, 0.15) is 12.4 Å². The number of rotatable bonds is 4. The van der Waals surface area contributed by atoms with Crippen LogP contribution in [0.5, 0.6) is 0 Å². The highest BCUT2D eigenvalue weighted by atomic mass is 16.4. The third-order valence-electron chi connectivity index (χ3n) is 5.79. The number of aromatic nitrogens is 3. The molecule has 0 spiro atoms. The average Bonchev–Trinajstić information content (AvgIpc) is 3.35. The number of benzene rings is 1. The van der Waals surface area contributed by atoms with Gasteiger partial charge in [0.2, 0.25) is 5.91 Å². The molecule has 0 aliphatic carbocycles. The summed E-state index contributed by atoms with van der Waals surface area (Å²) in [5.41, 5.74) is 1.65. The molecule has 10 nitrogen and oxygen atoms in total. The van der Waals surface area contributed by atoms with Gasteiger partial charge < -0.3 is 20.0 Å². The fraction of sp³-hybridized carbons (Fsp3) is 0.429. The van der Waals surface area contributed by atoms with Crippen LogP contribution in [0.3, 0.4) is 0 Å². The SMILES string of the molecule is O=C(Nc1ccc2oc(=O)n(CC(=O)N3CCCCC3)c2c1)c1cc2n(n1)CCCN2. The summed E-state index contributed by atoms with van der Waals surface area (Å²) in [5, 5.41) is 10.4. The maximum absolute atomic E-state index is 12.7. The predicted octanol–water partition coefficient (Wildman–Crippen LogP) is 1.87. The number of carbonyl (C=O) groups excluding carboxylic acids is 2. The molecular formula is C21H24N6O4. The summed E-state index contributed by atoms with van der Waals surface area (Å²) < 4.78 is 8.39. The van der Waals surface area contributed by atoms with Gasteiger partial charge in [0.25, 0.3) is 5.91 Å². The van der Waals surface area contributed by atoms with Gasteiger partial charge in [-0.25, -0.2) is 9.48 Å². The number of piperidine rings is 1. The van der Waals surface area contributed by atoms with Crippen molar-refractivity contribution >= 4 is 34.4 Å². The maximum atomic E-state index is 12.7. The first-order valence-corrected chi connectivity index (χ1v) is 10.6. The summed E-state index contributed by atoms with van der Waals surface area (Å²) >= 11 is 0. The minimum Gasteiger partial charge on any atom is -0.408 e. The van der Waals surface area contributed by atoms with Gasteiger partial charge in [0, 0.05) is 37.9 Å². The van der Waals surface area contributed by atoms with E-state index in [-0.39, 0.29) is 18.4 Å². The van der Waals surface area contributed by atoms with Gasteiger partial charge in [-0.1, -0.05) is 0 Å². The molecule has 4 heterocycles. The highest BCUT2D eigenvalue weighted by molar-refractivity contribution is 6.04. The van der Waals surface area contributed by atoms with E-state index in [1.54, 1.807) is 33.8 Å². The molecule has 162 valence electrons. The molecule has 31 heavy (non-hydrogen) atoms. The van der Waals surface area contributed by atoms with Crippen LogP contribution in [-0.2, 0) is 17.9 Å². The minimum absolute atomic E-state index is 0.0807.